The van der Waals surface area contributed by atoms with Crippen molar-refractivity contribution >= 4 is 22.3 Å². The fourth-order valence-corrected chi connectivity index (χ4v) is 3.74. The molecule has 1 heterocycles. The van der Waals surface area contributed by atoms with Crippen molar-refractivity contribution in [2.75, 3.05) is 13.2 Å². The van der Waals surface area contributed by atoms with Gasteiger partial charge in [0, 0.05) is 10.9 Å². The summed E-state index contributed by atoms with van der Waals surface area (Å²) < 4.78 is 2.12. The van der Waals surface area contributed by atoms with Crippen LogP contribution in [0.1, 0.15) is 0 Å². The lowest BCUT2D eigenvalue weighted by Gasteiger charge is -2.09. The lowest BCUT2D eigenvalue weighted by Crippen LogP contribution is -2.01. The van der Waals surface area contributed by atoms with E-state index in [2.05, 4.69) is 39.3 Å². The van der Waals surface area contributed by atoms with Crippen molar-refractivity contribution < 1.29 is 5.11 Å². The largest absolute Gasteiger partial charge is 0.394 e. The van der Waals surface area contributed by atoms with E-state index in [1.54, 1.807) is 0 Å². The summed E-state index contributed by atoms with van der Waals surface area (Å²) in [4.78, 5) is 9.75. The lowest BCUT2D eigenvalue weighted by atomic mass is 10.1. The molecule has 0 aliphatic carbocycles. The highest BCUT2D eigenvalue weighted by molar-refractivity contribution is 7.04. The molecule has 0 bridgehead atoms. The molecule has 25 heavy (non-hydrogen) atoms. The van der Waals surface area contributed by atoms with E-state index in [0.717, 1.165) is 17.1 Å². The predicted molar refractivity (Wildman–Crippen MR) is 102 cm³/mol. The van der Waals surface area contributed by atoms with Gasteiger partial charge in [0.25, 0.3) is 0 Å². The van der Waals surface area contributed by atoms with Crippen molar-refractivity contribution in [2.45, 2.75) is 0 Å². The Bertz CT molecular complexity index is 1060. The molecule has 0 saturated heterocycles. The molecule has 0 spiro atoms. The van der Waals surface area contributed by atoms with Crippen LogP contribution in [0.3, 0.4) is 0 Å². The average Bonchev–Trinajstić information content (AvgIpc) is 3.10. The van der Waals surface area contributed by atoms with Crippen LogP contribution in [0.15, 0.2) is 77.8 Å². The number of nitrogens with zero attached hydrogens (tertiary/aromatic N) is 3. The quantitative estimate of drug-likeness (QED) is 0.613. The molecule has 3 aromatic carbocycles. The number of hydrogen-bond acceptors (Lipinski definition) is 4. The summed E-state index contributed by atoms with van der Waals surface area (Å²) in [6.07, 6.45) is 0. The Hall–Kier alpha value is -2.76. The molecule has 124 valence electrons. The SMILES string of the molecule is OCCN=c1nc(-c2ccccc2)n(-c2cccc3ccccc23)s1. The van der Waals surface area contributed by atoms with Crippen LogP contribution >= 0.6 is 11.5 Å². The van der Waals surface area contributed by atoms with Crippen molar-refractivity contribution in [3.8, 4) is 17.1 Å². The standard InChI is InChI=1S/C20H17N3OS/c24-14-13-21-20-22-19(16-8-2-1-3-9-16)23(25-20)18-12-6-10-15-7-4-5-11-17(15)18/h1-12,24H,13-14H2. The minimum absolute atomic E-state index is 0.0223. The van der Waals surface area contributed by atoms with Gasteiger partial charge >= 0.3 is 0 Å². The number of fused-ring (bicyclic) bond motifs is 1. The van der Waals surface area contributed by atoms with E-state index < -0.39 is 0 Å². The normalized spacial score (nSPS) is 12.0. The van der Waals surface area contributed by atoms with Crippen molar-refractivity contribution in [2.24, 2.45) is 4.99 Å². The van der Waals surface area contributed by atoms with E-state index in [1.807, 2.05) is 42.5 Å². The zero-order valence-electron chi connectivity index (χ0n) is 13.5. The van der Waals surface area contributed by atoms with Crippen LogP contribution in [0.2, 0.25) is 0 Å². The molecule has 0 aliphatic rings. The molecule has 1 N–H and O–H groups in total. The Labute approximate surface area is 149 Å². The van der Waals surface area contributed by atoms with Gasteiger partial charge in [-0.2, -0.15) is 4.98 Å². The van der Waals surface area contributed by atoms with E-state index in [9.17, 15) is 0 Å². The van der Waals surface area contributed by atoms with Gasteiger partial charge in [-0.3, -0.25) is 4.99 Å². The van der Waals surface area contributed by atoms with Gasteiger partial charge in [0.15, 0.2) is 5.82 Å². The van der Waals surface area contributed by atoms with Crippen molar-refractivity contribution in [3.63, 3.8) is 0 Å². The van der Waals surface area contributed by atoms with Crippen LogP contribution in [-0.2, 0) is 0 Å². The topological polar surface area (TPSA) is 50.4 Å². The van der Waals surface area contributed by atoms with Crippen LogP contribution in [0.4, 0.5) is 0 Å². The highest BCUT2D eigenvalue weighted by Gasteiger charge is 2.12. The van der Waals surface area contributed by atoms with Crippen molar-refractivity contribution in [3.05, 3.63) is 77.6 Å². The second-order valence-corrected chi connectivity index (χ2v) is 6.49. The fraction of sp³-hybridized carbons (Fsp3) is 0.100. The number of benzene rings is 3. The molecule has 5 heteroatoms. The van der Waals surface area contributed by atoms with Gasteiger partial charge in [-0.15, -0.1) is 0 Å². The van der Waals surface area contributed by atoms with E-state index in [4.69, 9.17) is 10.1 Å². The third-order valence-corrected chi connectivity index (χ3v) is 4.87. The summed E-state index contributed by atoms with van der Waals surface area (Å²) in [5.74, 6) is 0.860. The Kier molecular flexibility index (Phi) is 4.41. The minimum Gasteiger partial charge on any atom is -0.394 e. The van der Waals surface area contributed by atoms with Crippen LogP contribution in [0.25, 0.3) is 27.8 Å². The summed E-state index contributed by atoms with van der Waals surface area (Å²) in [5, 5.41) is 11.4. The number of hydrogen-bond donors (Lipinski definition) is 1. The maximum Gasteiger partial charge on any atom is 0.223 e. The van der Waals surface area contributed by atoms with E-state index >= 15 is 0 Å². The first-order valence-electron chi connectivity index (χ1n) is 8.12. The highest BCUT2D eigenvalue weighted by Crippen LogP contribution is 2.27. The molecule has 0 fully saturated rings. The molecule has 0 aliphatic heterocycles. The molecule has 0 unspecified atom stereocenters. The van der Waals surface area contributed by atoms with Crippen LogP contribution in [-0.4, -0.2) is 27.2 Å². The molecule has 0 atom stereocenters. The van der Waals surface area contributed by atoms with Gasteiger partial charge in [-0.1, -0.05) is 66.7 Å². The summed E-state index contributed by atoms with van der Waals surface area (Å²) in [6, 6.07) is 24.7. The Morgan fingerprint density at radius 3 is 2.52 bits per heavy atom. The summed E-state index contributed by atoms with van der Waals surface area (Å²) >= 11 is 1.49. The number of aliphatic hydroxyl groups excluding tert-OH is 1. The van der Waals surface area contributed by atoms with Gasteiger partial charge in [0.05, 0.1) is 18.8 Å². The van der Waals surface area contributed by atoms with Gasteiger partial charge in [-0.05, 0) is 23.0 Å². The Balaban J connectivity index is 1.98. The first kappa shape index (κ1) is 15.7. The molecule has 0 radical (unpaired) electrons. The van der Waals surface area contributed by atoms with Crippen LogP contribution in [0, 0.1) is 0 Å². The molecule has 0 saturated carbocycles. The molecule has 1 aromatic heterocycles. The second kappa shape index (κ2) is 7.01. The van der Waals surface area contributed by atoms with Gasteiger partial charge in [-0.25, -0.2) is 3.96 Å². The van der Waals surface area contributed by atoms with Gasteiger partial charge in [0.1, 0.15) is 0 Å². The summed E-state index contributed by atoms with van der Waals surface area (Å²) in [6.45, 7) is 0.381. The summed E-state index contributed by atoms with van der Waals surface area (Å²) in [7, 11) is 0. The Morgan fingerprint density at radius 1 is 0.920 bits per heavy atom. The number of aliphatic hydroxyl groups is 1. The smallest absolute Gasteiger partial charge is 0.223 e. The van der Waals surface area contributed by atoms with Gasteiger partial charge in [0.2, 0.25) is 4.80 Å². The number of rotatable bonds is 4. The third kappa shape index (κ3) is 3.12. The average molecular weight is 347 g/mol. The Morgan fingerprint density at radius 2 is 1.68 bits per heavy atom. The molecular formula is C20H17N3OS. The maximum absolute atomic E-state index is 9.06. The zero-order chi connectivity index (χ0) is 17.1. The zero-order valence-corrected chi connectivity index (χ0v) is 14.4. The molecular weight excluding hydrogens is 330 g/mol. The van der Waals surface area contributed by atoms with Crippen molar-refractivity contribution in [1.29, 1.82) is 0 Å². The molecule has 4 nitrogen and oxygen atoms in total. The van der Waals surface area contributed by atoms with E-state index in [1.165, 1.54) is 22.3 Å². The van der Waals surface area contributed by atoms with E-state index in [-0.39, 0.29) is 6.61 Å². The predicted octanol–water partition coefficient (Wildman–Crippen LogP) is 3.65. The molecule has 4 aromatic rings. The second-order valence-electron chi connectivity index (χ2n) is 5.57. The van der Waals surface area contributed by atoms with Crippen molar-refractivity contribution in [1.82, 2.24) is 8.94 Å². The van der Waals surface area contributed by atoms with Crippen LogP contribution < -0.4 is 4.80 Å². The monoisotopic (exact) mass is 347 g/mol. The first-order chi connectivity index (χ1) is 12.4. The molecule has 0 amide bonds. The number of aromatic nitrogens is 2. The third-order valence-electron chi connectivity index (χ3n) is 3.93. The minimum atomic E-state index is 0.0223. The highest BCUT2D eigenvalue weighted by atomic mass is 32.1. The van der Waals surface area contributed by atoms with Gasteiger partial charge < -0.3 is 5.11 Å². The fourth-order valence-electron chi connectivity index (χ4n) is 2.81. The molecule has 4 rings (SSSR count). The first-order valence-corrected chi connectivity index (χ1v) is 8.89. The van der Waals surface area contributed by atoms with Crippen LogP contribution in [0.5, 0.6) is 0 Å². The lowest BCUT2D eigenvalue weighted by molar-refractivity contribution is 0.305. The van der Waals surface area contributed by atoms with E-state index in [0.29, 0.717) is 11.3 Å². The summed E-state index contributed by atoms with van der Waals surface area (Å²) in [5.41, 5.74) is 2.12. The maximum atomic E-state index is 9.06.